The Morgan fingerprint density at radius 1 is 1.21 bits per heavy atom. The maximum absolute atomic E-state index is 5.46. The lowest BCUT2D eigenvalue weighted by Gasteiger charge is -2.06. The summed E-state index contributed by atoms with van der Waals surface area (Å²) in [5.74, 6) is 6.81. The minimum absolute atomic E-state index is 0.663. The molecule has 0 heterocycles. The molecule has 3 N–H and O–H groups in total. The highest BCUT2D eigenvalue weighted by molar-refractivity contribution is 5.30. The van der Waals surface area contributed by atoms with Crippen molar-refractivity contribution in [3.05, 3.63) is 24.3 Å². The molecule has 0 amide bonds. The quantitative estimate of drug-likeness (QED) is 0.403. The lowest BCUT2D eigenvalue weighted by atomic mass is 10.3. The second kappa shape index (κ2) is 6.23. The molecule has 0 aromatic heterocycles. The van der Waals surface area contributed by atoms with Crippen molar-refractivity contribution in [2.45, 2.75) is 6.42 Å². The Bertz CT molecular complexity index is 249. The van der Waals surface area contributed by atoms with Gasteiger partial charge in [-0.15, -0.1) is 0 Å². The van der Waals surface area contributed by atoms with Gasteiger partial charge in [-0.25, -0.2) is 0 Å². The van der Waals surface area contributed by atoms with Crippen LogP contribution in [0, 0.1) is 0 Å². The average Bonchev–Trinajstić information content (AvgIpc) is 2.25. The molecule has 78 valence electrons. The lowest BCUT2D eigenvalue weighted by Crippen LogP contribution is -2.24. The van der Waals surface area contributed by atoms with E-state index in [1.807, 2.05) is 24.3 Å². The van der Waals surface area contributed by atoms with Crippen molar-refractivity contribution in [3.8, 4) is 11.5 Å². The first-order chi connectivity index (χ1) is 6.86. The Hall–Kier alpha value is -1.26. The fraction of sp³-hybridized carbons (Fsp3) is 0.400. The third-order valence-electron chi connectivity index (χ3n) is 1.79. The fourth-order valence-corrected chi connectivity index (χ4v) is 1.04. The van der Waals surface area contributed by atoms with Gasteiger partial charge in [0.25, 0.3) is 0 Å². The van der Waals surface area contributed by atoms with Gasteiger partial charge in [0.2, 0.25) is 0 Å². The predicted molar refractivity (Wildman–Crippen MR) is 55.3 cm³/mol. The summed E-state index contributed by atoms with van der Waals surface area (Å²) in [6, 6.07) is 7.51. The number of benzene rings is 1. The Morgan fingerprint density at radius 2 is 1.86 bits per heavy atom. The van der Waals surface area contributed by atoms with E-state index in [2.05, 4.69) is 5.43 Å². The zero-order valence-electron chi connectivity index (χ0n) is 8.32. The molecule has 14 heavy (non-hydrogen) atoms. The summed E-state index contributed by atoms with van der Waals surface area (Å²) >= 11 is 0. The molecule has 0 unspecified atom stereocenters. The van der Waals surface area contributed by atoms with Crippen LogP contribution < -0.4 is 20.7 Å². The minimum Gasteiger partial charge on any atom is -0.497 e. The first-order valence-electron chi connectivity index (χ1n) is 4.57. The van der Waals surface area contributed by atoms with Crippen molar-refractivity contribution >= 4 is 0 Å². The molecule has 0 saturated heterocycles. The van der Waals surface area contributed by atoms with E-state index in [1.165, 1.54) is 0 Å². The van der Waals surface area contributed by atoms with Crippen LogP contribution in [0.1, 0.15) is 6.42 Å². The van der Waals surface area contributed by atoms with Crippen molar-refractivity contribution in [2.24, 2.45) is 5.84 Å². The molecule has 1 aromatic carbocycles. The number of rotatable bonds is 6. The van der Waals surface area contributed by atoms with Crippen LogP contribution in [0.2, 0.25) is 0 Å². The van der Waals surface area contributed by atoms with Crippen molar-refractivity contribution in [1.82, 2.24) is 5.43 Å². The molecule has 1 aromatic rings. The van der Waals surface area contributed by atoms with Crippen LogP contribution in [0.4, 0.5) is 0 Å². The first-order valence-corrected chi connectivity index (χ1v) is 4.57. The highest BCUT2D eigenvalue weighted by Crippen LogP contribution is 2.16. The maximum atomic E-state index is 5.46. The van der Waals surface area contributed by atoms with Crippen molar-refractivity contribution in [3.63, 3.8) is 0 Å². The molecule has 0 aliphatic rings. The van der Waals surface area contributed by atoms with Gasteiger partial charge in [0.05, 0.1) is 13.7 Å². The second-order valence-corrected chi connectivity index (χ2v) is 2.83. The second-order valence-electron chi connectivity index (χ2n) is 2.83. The molecule has 0 atom stereocenters. The number of nitrogens with two attached hydrogens (primary N) is 1. The van der Waals surface area contributed by atoms with Gasteiger partial charge in [0, 0.05) is 6.54 Å². The molecule has 0 fully saturated rings. The van der Waals surface area contributed by atoms with Gasteiger partial charge in [-0.2, -0.15) is 0 Å². The van der Waals surface area contributed by atoms with Gasteiger partial charge in [-0.05, 0) is 30.7 Å². The summed E-state index contributed by atoms with van der Waals surface area (Å²) in [4.78, 5) is 0. The highest BCUT2D eigenvalue weighted by Gasteiger charge is 1.94. The first kappa shape index (κ1) is 10.8. The number of nitrogens with one attached hydrogen (secondary N) is 1. The molecule has 0 spiro atoms. The molecule has 0 aliphatic heterocycles. The van der Waals surface area contributed by atoms with E-state index in [9.17, 15) is 0 Å². The maximum Gasteiger partial charge on any atom is 0.119 e. The van der Waals surface area contributed by atoms with Gasteiger partial charge in [-0.1, -0.05) is 0 Å². The highest BCUT2D eigenvalue weighted by atomic mass is 16.5. The number of hydrogen-bond donors (Lipinski definition) is 2. The number of hydrazine groups is 1. The van der Waals surface area contributed by atoms with Gasteiger partial charge in [0.15, 0.2) is 0 Å². The van der Waals surface area contributed by atoms with Gasteiger partial charge < -0.3 is 9.47 Å². The molecule has 4 nitrogen and oxygen atoms in total. The SMILES string of the molecule is COc1ccc(OCCCNN)cc1. The van der Waals surface area contributed by atoms with Crippen LogP contribution in [0.3, 0.4) is 0 Å². The van der Waals surface area contributed by atoms with E-state index < -0.39 is 0 Å². The van der Waals surface area contributed by atoms with Crippen LogP contribution in [0.5, 0.6) is 11.5 Å². The Labute approximate surface area is 84.0 Å². The van der Waals surface area contributed by atoms with Crippen molar-refractivity contribution < 1.29 is 9.47 Å². The normalized spacial score (nSPS) is 9.86. The average molecular weight is 196 g/mol. The largest absolute Gasteiger partial charge is 0.497 e. The van der Waals surface area contributed by atoms with Crippen molar-refractivity contribution in [2.75, 3.05) is 20.3 Å². The van der Waals surface area contributed by atoms with E-state index in [-0.39, 0.29) is 0 Å². The van der Waals surface area contributed by atoms with Crippen LogP contribution in [-0.2, 0) is 0 Å². The molecule has 0 bridgehead atoms. The molecule has 0 radical (unpaired) electrons. The smallest absolute Gasteiger partial charge is 0.119 e. The summed E-state index contributed by atoms with van der Waals surface area (Å²) in [5.41, 5.74) is 2.57. The van der Waals surface area contributed by atoms with Crippen LogP contribution >= 0.6 is 0 Å². The third-order valence-corrected chi connectivity index (χ3v) is 1.79. The number of hydrogen-bond acceptors (Lipinski definition) is 4. The molecule has 0 aliphatic carbocycles. The zero-order chi connectivity index (χ0) is 10.2. The Morgan fingerprint density at radius 3 is 2.43 bits per heavy atom. The molecule has 1 rings (SSSR count). The summed E-state index contributed by atoms with van der Waals surface area (Å²) in [6.07, 6.45) is 0.891. The summed E-state index contributed by atoms with van der Waals surface area (Å²) < 4.78 is 10.5. The number of methoxy groups -OCH3 is 1. The predicted octanol–water partition coefficient (Wildman–Crippen LogP) is 0.927. The van der Waals surface area contributed by atoms with Crippen LogP contribution in [0.25, 0.3) is 0 Å². The monoisotopic (exact) mass is 196 g/mol. The van der Waals surface area contributed by atoms with E-state index >= 15 is 0 Å². The van der Waals surface area contributed by atoms with E-state index in [0.717, 1.165) is 24.5 Å². The third kappa shape index (κ3) is 3.64. The summed E-state index contributed by atoms with van der Waals surface area (Å²) in [5, 5.41) is 0. The Kier molecular flexibility index (Phi) is 4.82. The topological polar surface area (TPSA) is 56.5 Å². The molecular weight excluding hydrogens is 180 g/mol. The van der Waals surface area contributed by atoms with Gasteiger partial charge in [-0.3, -0.25) is 11.3 Å². The van der Waals surface area contributed by atoms with Crippen LogP contribution in [-0.4, -0.2) is 20.3 Å². The van der Waals surface area contributed by atoms with Crippen molar-refractivity contribution in [1.29, 1.82) is 0 Å². The standard InChI is InChI=1S/C10H16N2O2/c1-13-9-3-5-10(6-4-9)14-8-2-7-12-11/h3-6,12H,2,7-8,11H2,1H3. The molecular formula is C10H16N2O2. The Balaban J connectivity index is 2.29. The van der Waals surface area contributed by atoms with E-state index in [0.29, 0.717) is 6.61 Å². The fourth-order valence-electron chi connectivity index (χ4n) is 1.04. The zero-order valence-corrected chi connectivity index (χ0v) is 8.32. The van der Waals surface area contributed by atoms with Crippen LogP contribution in [0.15, 0.2) is 24.3 Å². The number of ether oxygens (including phenoxy) is 2. The van der Waals surface area contributed by atoms with Gasteiger partial charge >= 0.3 is 0 Å². The molecule has 4 heteroatoms. The molecule has 0 saturated carbocycles. The lowest BCUT2D eigenvalue weighted by molar-refractivity contribution is 0.308. The minimum atomic E-state index is 0.663. The van der Waals surface area contributed by atoms with Gasteiger partial charge in [0.1, 0.15) is 11.5 Å². The van der Waals surface area contributed by atoms with E-state index in [1.54, 1.807) is 7.11 Å². The summed E-state index contributed by atoms with van der Waals surface area (Å²) in [6.45, 7) is 1.42. The van der Waals surface area contributed by atoms with E-state index in [4.69, 9.17) is 15.3 Å². The summed E-state index contributed by atoms with van der Waals surface area (Å²) in [7, 11) is 1.64.